The van der Waals surface area contributed by atoms with E-state index in [0.717, 1.165) is 6.07 Å². The van der Waals surface area contributed by atoms with Crippen molar-refractivity contribution in [1.82, 2.24) is 0 Å². The number of halogens is 4. The molecule has 0 spiro atoms. The molecule has 1 aromatic carbocycles. The first-order valence-corrected chi connectivity index (χ1v) is 6.29. The fourth-order valence-electron chi connectivity index (χ4n) is 1.57. The zero-order valence-corrected chi connectivity index (χ0v) is 11.5. The minimum absolute atomic E-state index is 0.0136. The van der Waals surface area contributed by atoms with Gasteiger partial charge in [-0.05, 0) is 30.3 Å². The number of nitriles is 1. The first-order valence-electron chi connectivity index (χ1n) is 5.49. The summed E-state index contributed by atoms with van der Waals surface area (Å²) in [6.07, 6.45) is -4.42. The van der Waals surface area contributed by atoms with Gasteiger partial charge in [-0.3, -0.25) is 0 Å². The van der Waals surface area contributed by atoms with Crippen molar-refractivity contribution in [3.8, 4) is 6.07 Å². The molecule has 1 N–H and O–H groups in total. The Morgan fingerprint density at radius 3 is 2.60 bits per heavy atom. The Balaban J connectivity index is 2.12. The largest absolute Gasteiger partial charge is 0.449 e. The van der Waals surface area contributed by atoms with Crippen LogP contribution in [0.3, 0.4) is 0 Å². The Kier molecular flexibility index (Phi) is 4.04. The van der Waals surface area contributed by atoms with E-state index >= 15 is 0 Å². The molecule has 0 bridgehead atoms. The van der Waals surface area contributed by atoms with E-state index < -0.39 is 11.7 Å². The van der Waals surface area contributed by atoms with Crippen LogP contribution in [0.15, 0.2) is 39.2 Å². The summed E-state index contributed by atoms with van der Waals surface area (Å²) in [7, 11) is 0. The van der Waals surface area contributed by atoms with Gasteiger partial charge in [-0.2, -0.15) is 18.4 Å². The van der Waals surface area contributed by atoms with Crippen LogP contribution in [0, 0.1) is 11.3 Å². The van der Waals surface area contributed by atoms with Crippen molar-refractivity contribution >= 4 is 21.6 Å². The highest BCUT2D eigenvalue weighted by atomic mass is 79.9. The number of anilines is 1. The molecule has 7 heteroatoms. The SMILES string of the molecule is N#Cc1ccc(CNc2ccc(Br)c(C(F)(F)F)c2)o1. The lowest BCUT2D eigenvalue weighted by atomic mass is 10.2. The maximum atomic E-state index is 12.7. The van der Waals surface area contributed by atoms with Crippen molar-refractivity contribution in [1.29, 1.82) is 5.26 Å². The number of benzene rings is 1. The number of hydrogen-bond acceptors (Lipinski definition) is 3. The van der Waals surface area contributed by atoms with E-state index in [1.165, 1.54) is 18.2 Å². The van der Waals surface area contributed by atoms with Gasteiger partial charge >= 0.3 is 6.18 Å². The molecule has 0 atom stereocenters. The van der Waals surface area contributed by atoms with Crippen LogP contribution in [0.25, 0.3) is 0 Å². The fourth-order valence-corrected chi connectivity index (χ4v) is 2.05. The summed E-state index contributed by atoms with van der Waals surface area (Å²) in [6.45, 7) is 0.195. The topological polar surface area (TPSA) is 49.0 Å². The number of furan rings is 1. The molecule has 0 aliphatic carbocycles. The van der Waals surface area contributed by atoms with Crippen LogP contribution in [-0.4, -0.2) is 0 Å². The van der Waals surface area contributed by atoms with E-state index in [4.69, 9.17) is 9.68 Å². The molecular formula is C13H8BrF3N2O. The van der Waals surface area contributed by atoms with Gasteiger partial charge in [0.05, 0.1) is 12.1 Å². The molecule has 0 fully saturated rings. The molecule has 1 aromatic heterocycles. The molecule has 0 aliphatic rings. The molecule has 0 saturated carbocycles. The van der Waals surface area contributed by atoms with E-state index in [2.05, 4.69) is 21.2 Å². The molecule has 0 saturated heterocycles. The molecular weight excluding hydrogens is 337 g/mol. The second kappa shape index (κ2) is 5.59. The molecule has 104 valence electrons. The van der Waals surface area contributed by atoms with Crippen LogP contribution >= 0.6 is 15.9 Å². The number of nitrogens with one attached hydrogen (secondary N) is 1. The van der Waals surface area contributed by atoms with Crippen molar-refractivity contribution in [2.45, 2.75) is 12.7 Å². The van der Waals surface area contributed by atoms with E-state index in [1.807, 2.05) is 6.07 Å². The van der Waals surface area contributed by atoms with Gasteiger partial charge in [-0.15, -0.1) is 0 Å². The van der Waals surface area contributed by atoms with Crippen LogP contribution in [0.2, 0.25) is 0 Å². The average molecular weight is 345 g/mol. The van der Waals surface area contributed by atoms with Crippen LogP contribution in [-0.2, 0) is 12.7 Å². The summed E-state index contributed by atoms with van der Waals surface area (Å²) in [4.78, 5) is 0. The van der Waals surface area contributed by atoms with E-state index in [1.54, 1.807) is 6.07 Å². The Morgan fingerprint density at radius 2 is 2.00 bits per heavy atom. The summed E-state index contributed by atoms with van der Waals surface area (Å²) in [5, 5.41) is 11.4. The minimum Gasteiger partial charge on any atom is -0.449 e. The molecule has 1 heterocycles. The highest BCUT2D eigenvalue weighted by Gasteiger charge is 2.33. The van der Waals surface area contributed by atoms with Crippen molar-refractivity contribution < 1.29 is 17.6 Å². The minimum atomic E-state index is -4.42. The summed E-state index contributed by atoms with van der Waals surface area (Å²) in [6, 6.07) is 8.79. The Bertz CT molecular complexity index is 658. The van der Waals surface area contributed by atoms with Crippen molar-refractivity contribution in [3.63, 3.8) is 0 Å². The van der Waals surface area contributed by atoms with Crippen molar-refractivity contribution in [2.75, 3.05) is 5.32 Å². The summed E-state index contributed by atoms with van der Waals surface area (Å²) < 4.78 is 43.3. The van der Waals surface area contributed by atoms with Gasteiger partial charge in [-0.1, -0.05) is 15.9 Å². The van der Waals surface area contributed by atoms with E-state index in [-0.39, 0.29) is 16.8 Å². The summed E-state index contributed by atoms with van der Waals surface area (Å²) in [5.41, 5.74) is -0.435. The highest BCUT2D eigenvalue weighted by molar-refractivity contribution is 9.10. The second-order valence-electron chi connectivity index (χ2n) is 3.92. The molecule has 3 nitrogen and oxygen atoms in total. The lowest BCUT2D eigenvalue weighted by Gasteiger charge is -2.12. The first-order chi connectivity index (χ1) is 9.40. The quantitative estimate of drug-likeness (QED) is 0.888. The van der Waals surface area contributed by atoms with E-state index in [9.17, 15) is 13.2 Å². The summed E-state index contributed by atoms with van der Waals surface area (Å²) in [5.74, 6) is 0.631. The van der Waals surface area contributed by atoms with Crippen LogP contribution < -0.4 is 5.32 Å². The first kappa shape index (κ1) is 14.5. The predicted molar refractivity (Wildman–Crippen MR) is 69.9 cm³/mol. The Hall–Kier alpha value is -1.94. The molecule has 0 amide bonds. The number of rotatable bonds is 3. The highest BCUT2D eigenvalue weighted by Crippen LogP contribution is 2.36. The van der Waals surface area contributed by atoms with Gasteiger partial charge in [-0.25, -0.2) is 0 Å². The Morgan fingerprint density at radius 1 is 1.25 bits per heavy atom. The molecule has 2 rings (SSSR count). The third-order valence-electron chi connectivity index (χ3n) is 2.51. The maximum absolute atomic E-state index is 12.7. The van der Waals surface area contributed by atoms with Crippen LogP contribution in [0.4, 0.5) is 18.9 Å². The lowest BCUT2D eigenvalue weighted by Crippen LogP contribution is -2.07. The van der Waals surface area contributed by atoms with Gasteiger partial charge in [0.25, 0.3) is 0 Å². The van der Waals surface area contributed by atoms with Gasteiger partial charge in [0.2, 0.25) is 5.76 Å². The van der Waals surface area contributed by atoms with Gasteiger partial charge in [0.15, 0.2) is 0 Å². The summed E-state index contributed by atoms with van der Waals surface area (Å²) >= 11 is 2.87. The van der Waals surface area contributed by atoms with Crippen molar-refractivity contribution in [3.05, 3.63) is 51.9 Å². The third kappa shape index (κ3) is 3.33. The predicted octanol–water partition coefficient (Wildman–Crippen LogP) is 4.54. The van der Waals surface area contributed by atoms with Crippen molar-refractivity contribution in [2.24, 2.45) is 0 Å². The normalized spacial score (nSPS) is 11.2. The molecule has 2 aromatic rings. The maximum Gasteiger partial charge on any atom is 0.417 e. The van der Waals surface area contributed by atoms with Crippen LogP contribution in [0.5, 0.6) is 0 Å². The Labute approximate surface area is 121 Å². The smallest absolute Gasteiger partial charge is 0.417 e. The third-order valence-corrected chi connectivity index (χ3v) is 3.20. The number of alkyl halides is 3. The number of nitrogens with zero attached hydrogens (tertiary/aromatic N) is 1. The molecule has 0 radical (unpaired) electrons. The molecule has 0 unspecified atom stereocenters. The zero-order chi connectivity index (χ0) is 14.8. The van der Waals surface area contributed by atoms with Gasteiger partial charge in [0, 0.05) is 10.2 Å². The second-order valence-corrected chi connectivity index (χ2v) is 4.78. The zero-order valence-electron chi connectivity index (χ0n) is 9.96. The monoisotopic (exact) mass is 344 g/mol. The fraction of sp³-hybridized carbons (Fsp3) is 0.154. The van der Waals surface area contributed by atoms with Crippen LogP contribution in [0.1, 0.15) is 17.1 Å². The molecule has 20 heavy (non-hydrogen) atoms. The standard InChI is InChI=1S/C13H8BrF3N2O/c14-12-4-1-8(5-11(12)13(15,16)17)19-7-10-3-2-9(6-18)20-10/h1-5,19H,7H2. The van der Waals surface area contributed by atoms with E-state index in [0.29, 0.717) is 11.4 Å². The molecule has 0 aliphatic heterocycles. The lowest BCUT2D eigenvalue weighted by molar-refractivity contribution is -0.138. The van der Waals surface area contributed by atoms with Gasteiger partial charge in [0.1, 0.15) is 11.8 Å². The van der Waals surface area contributed by atoms with Gasteiger partial charge < -0.3 is 9.73 Å². The number of hydrogen-bond donors (Lipinski definition) is 1. The average Bonchev–Trinajstić information content (AvgIpc) is 2.84.